The van der Waals surface area contributed by atoms with E-state index >= 15 is 0 Å². The summed E-state index contributed by atoms with van der Waals surface area (Å²) in [5.41, 5.74) is 7.64. The van der Waals surface area contributed by atoms with E-state index < -0.39 is 0 Å². The van der Waals surface area contributed by atoms with Gasteiger partial charge in [0, 0.05) is 17.1 Å². The van der Waals surface area contributed by atoms with Crippen LogP contribution in [0.1, 0.15) is 11.3 Å². The summed E-state index contributed by atoms with van der Waals surface area (Å²) in [5, 5.41) is 5.87. The molecule has 2 heterocycles. The monoisotopic (exact) mass is 261 g/mol. The van der Waals surface area contributed by atoms with Gasteiger partial charge in [-0.05, 0) is 6.07 Å². The number of furan rings is 1. The summed E-state index contributed by atoms with van der Waals surface area (Å²) in [6, 6.07) is 7.89. The second-order valence-electron chi connectivity index (χ2n) is 4.06. The van der Waals surface area contributed by atoms with E-state index in [0.717, 1.165) is 22.3 Å². The molecule has 92 valence electrons. The highest BCUT2D eigenvalue weighted by Gasteiger charge is 2.13. The van der Waals surface area contributed by atoms with E-state index in [0.29, 0.717) is 18.1 Å². The Morgan fingerprint density at radius 1 is 1.33 bits per heavy atom. The lowest BCUT2D eigenvalue weighted by molar-refractivity contribution is 0.538. The van der Waals surface area contributed by atoms with Crippen molar-refractivity contribution >= 4 is 22.6 Å². The average molecular weight is 262 g/mol. The van der Waals surface area contributed by atoms with Gasteiger partial charge in [-0.1, -0.05) is 29.8 Å². The molecule has 3 rings (SSSR count). The van der Waals surface area contributed by atoms with Crippen LogP contribution in [0.2, 0.25) is 5.02 Å². The Bertz CT molecular complexity index is 686. The van der Waals surface area contributed by atoms with Gasteiger partial charge >= 0.3 is 0 Å². The van der Waals surface area contributed by atoms with Crippen molar-refractivity contribution in [3.8, 4) is 0 Å². The van der Waals surface area contributed by atoms with Gasteiger partial charge in [0.15, 0.2) is 0 Å². The number of nitrogens with two attached hydrogens (primary N) is 1. The fourth-order valence-electron chi connectivity index (χ4n) is 2.07. The molecule has 0 bridgehead atoms. The van der Waals surface area contributed by atoms with Crippen molar-refractivity contribution in [2.45, 2.75) is 13.1 Å². The topological polar surface area (TPSA) is 57.0 Å². The van der Waals surface area contributed by atoms with Crippen molar-refractivity contribution in [3.05, 3.63) is 53.0 Å². The molecule has 0 atom stereocenters. The number of nitrogens with zero attached hydrogens (tertiary/aromatic N) is 2. The Balaban J connectivity index is 2.09. The molecule has 5 heteroatoms. The summed E-state index contributed by atoms with van der Waals surface area (Å²) in [4.78, 5) is 0. The zero-order valence-electron chi connectivity index (χ0n) is 9.64. The lowest BCUT2D eigenvalue weighted by Gasteiger charge is -2.01. The second-order valence-corrected chi connectivity index (χ2v) is 4.50. The van der Waals surface area contributed by atoms with Gasteiger partial charge in [-0.2, -0.15) is 5.10 Å². The van der Waals surface area contributed by atoms with Crippen LogP contribution in [0.3, 0.4) is 0 Å². The minimum atomic E-state index is 0.374. The number of halogens is 1. The molecular weight excluding hydrogens is 250 g/mol. The van der Waals surface area contributed by atoms with E-state index in [2.05, 4.69) is 5.10 Å². The van der Waals surface area contributed by atoms with Gasteiger partial charge < -0.3 is 10.2 Å². The van der Waals surface area contributed by atoms with Crippen molar-refractivity contribution in [2.75, 3.05) is 0 Å². The summed E-state index contributed by atoms with van der Waals surface area (Å²) in [7, 11) is 0. The highest BCUT2D eigenvalue weighted by Crippen LogP contribution is 2.26. The number of hydrogen-bond donors (Lipinski definition) is 1. The molecule has 0 unspecified atom stereocenters. The Kier molecular flexibility index (Phi) is 2.81. The number of hydrogen-bond acceptors (Lipinski definition) is 3. The molecule has 0 fully saturated rings. The summed E-state index contributed by atoms with van der Waals surface area (Å²) in [6.45, 7) is 0.981. The van der Waals surface area contributed by atoms with Crippen LogP contribution in [0.15, 0.2) is 41.1 Å². The van der Waals surface area contributed by atoms with E-state index in [1.165, 1.54) is 0 Å². The molecule has 0 radical (unpaired) electrons. The predicted octanol–water partition coefficient (Wildman–Crippen LogP) is 2.79. The van der Waals surface area contributed by atoms with Crippen molar-refractivity contribution in [3.63, 3.8) is 0 Å². The average Bonchev–Trinajstić information content (AvgIpc) is 2.94. The minimum absolute atomic E-state index is 0.374. The van der Waals surface area contributed by atoms with Gasteiger partial charge in [0.25, 0.3) is 0 Å². The molecule has 0 spiro atoms. The molecule has 0 saturated heterocycles. The van der Waals surface area contributed by atoms with Crippen molar-refractivity contribution in [1.82, 2.24) is 9.78 Å². The molecule has 1 aromatic carbocycles. The number of aromatic nitrogens is 2. The summed E-state index contributed by atoms with van der Waals surface area (Å²) in [5.74, 6) is 0.794. The Labute approximate surface area is 109 Å². The normalized spacial score (nSPS) is 11.2. The first-order valence-electron chi connectivity index (χ1n) is 5.65. The fraction of sp³-hybridized carbons (Fsp3) is 0.154. The molecule has 2 aromatic heterocycles. The maximum Gasteiger partial charge on any atom is 0.134 e. The molecule has 0 amide bonds. The standard InChI is InChI=1S/C13H12ClN3O/c14-9-6-16-17(7-9)8-11-10-3-1-2-4-12(10)18-13(11)5-15/h1-4,6-7H,5,8,15H2. The minimum Gasteiger partial charge on any atom is -0.459 e. The van der Waals surface area contributed by atoms with Crippen LogP contribution in [0.4, 0.5) is 0 Å². The van der Waals surface area contributed by atoms with Gasteiger partial charge in [0.2, 0.25) is 0 Å². The first-order chi connectivity index (χ1) is 8.78. The van der Waals surface area contributed by atoms with Crippen molar-refractivity contribution < 1.29 is 4.42 Å². The van der Waals surface area contributed by atoms with Crippen LogP contribution >= 0.6 is 11.6 Å². The van der Waals surface area contributed by atoms with E-state index in [-0.39, 0.29) is 0 Å². The largest absolute Gasteiger partial charge is 0.459 e. The fourth-order valence-corrected chi connectivity index (χ4v) is 2.23. The summed E-state index contributed by atoms with van der Waals surface area (Å²) < 4.78 is 7.50. The molecule has 0 aliphatic rings. The summed E-state index contributed by atoms with van der Waals surface area (Å²) >= 11 is 5.86. The van der Waals surface area contributed by atoms with E-state index in [9.17, 15) is 0 Å². The van der Waals surface area contributed by atoms with Gasteiger partial charge in [-0.15, -0.1) is 0 Å². The van der Waals surface area contributed by atoms with Crippen LogP contribution < -0.4 is 5.73 Å². The Hall–Kier alpha value is -1.78. The highest BCUT2D eigenvalue weighted by atomic mass is 35.5. The SMILES string of the molecule is NCc1oc2ccccc2c1Cn1cc(Cl)cn1. The van der Waals surface area contributed by atoms with E-state index in [1.807, 2.05) is 24.3 Å². The molecular formula is C13H12ClN3O. The van der Waals surface area contributed by atoms with Crippen molar-refractivity contribution in [2.24, 2.45) is 5.73 Å². The zero-order chi connectivity index (χ0) is 12.5. The maximum absolute atomic E-state index is 5.86. The third-order valence-corrected chi connectivity index (χ3v) is 3.08. The van der Waals surface area contributed by atoms with Gasteiger partial charge in [0.1, 0.15) is 11.3 Å². The van der Waals surface area contributed by atoms with Crippen LogP contribution in [-0.4, -0.2) is 9.78 Å². The van der Waals surface area contributed by atoms with Crippen LogP contribution in [-0.2, 0) is 13.1 Å². The first-order valence-corrected chi connectivity index (χ1v) is 6.03. The maximum atomic E-state index is 5.86. The first kappa shape index (κ1) is 11.3. The molecule has 0 saturated carbocycles. The van der Waals surface area contributed by atoms with Crippen LogP contribution in [0, 0.1) is 0 Å². The van der Waals surface area contributed by atoms with Crippen LogP contribution in [0.25, 0.3) is 11.0 Å². The molecule has 2 N–H and O–H groups in total. The number of rotatable bonds is 3. The molecule has 18 heavy (non-hydrogen) atoms. The number of para-hydroxylation sites is 1. The Morgan fingerprint density at radius 3 is 2.89 bits per heavy atom. The Morgan fingerprint density at radius 2 is 2.17 bits per heavy atom. The quantitative estimate of drug-likeness (QED) is 0.789. The third-order valence-electron chi connectivity index (χ3n) is 2.89. The second kappa shape index (κ2) is 4.48. The van der Waals surface area contributed by atoms with Gasteiger partial charge in [0.05, 0.1) is 24.3 Å². The van der Waals surface area contributed by atoms with E-state index in [1.54, 1.807) is 17.1 Å². The molecule has 0 aliphatic carbocycles. The third kappa shape index (κ3) is 1.89. The van der Waals surface area contributed by atoms with Gasteiger partial charge in [-0.3, -0.25) is 4.68 Å². The molecule has 3 aromatic rings. The summed E-state index contributed by atoms with van der Waals surface area (Å²) in [6.07, 6.45) is 3.40. The lowest BCUT2D eigenvalue weighted by Crippen LogP contribution is -2.04. The lowest BCUT2D eigenvalue weighted by atomic mass is 10.1. The van der Waals surface area contributed by atoms with Gasteiger partial charge in [-0.25, -0.2) is 0 Å². The zero-order valence-corrected chi connectivity index (χ0v) is 10.4. The molecule has 0 aliphatic heterocycles. The van der Waals surface area contributed by atoms with Crippen LogP contribution in [0.5, 0.6) is 0 Å². The molecule has 4 nitrogen and oxygen atoms in total. The number of benzene rings is 1. The smallest absolute Gasteiger partial charge is 0.134 e. The predicted molar refractivity (Wildman–Crippen MR) is 70.4 cm³/mol. The van der Waals surface area contributed by atoms with Crippen molar-refractivity contribution in [1.29, 1.82) is 0 Å². The highest BCUT2D eigenvalue weighted by molar-refractivity contribution is 6.30. The van der Waals surface area contributed by atoms with E-state index in [4.69, 9.17) is 21.8 Å². The number of fused-ring (bicyclic) bond motifs is 1.